The Morgan fingerprint density at radius 1 is 1.11 bits per heavy atom. The number of rotatable bonds is 9. The van der Waals surface area contributed by atoms with Gasteiger partial charge in [0.25, 0.3) is 11.8 Å². The van der Waals surface area contributed by atoms with Gasteiger partial charge in [-0.15, -0.1) is 0 Å². The van der Waals surface area contributed by atoms with Crippen LogP contribution in [0.4, 0.5) is 4.39 Å². The molecule has 182 valence electrons. The second-order valence-corrected chi connectivity index (χ2v) is 7.95. The van der Waals surface area contributed by atoms with Crippen molar-refractivity contribution in [2.45, 2.75) is 12.5 Å². The van der Waals surface area contributed by atoms with Crippen LogP contribution in [0, 0.1) is 5.82 Å². The maximum absolute atomic E-state index is 14.5. The average Bonchev–Trinajstić information content (AvgIpc) is 3.57. The number of amides is 2. The lowest BCUT2D eigenvalue weighted by Crippen LogP contribution is -2.42. The van der Waals surface area contributed by atoms with Crippen molar-refractivity contribution in [2.75, 3.05) is 33.9 Å². The van der Waals surface area contributed by atoms with E-state index in [4.69, 9.17) is 13.9 Å². The molecular formula is C26H26FN3O5. The third kappa shape index (κ3) is 5.41. The Balaban J connectivity index is 1.63. The first kappa shape index (κ1) is 24.2. The highest BCUT2D eigenvalue weighted by molar-refractivity contribution is 6.03. The predicted molar refractivity (Wildman–Crippen MR) is 127 cm³/mol. The number of carbonyl (C=O) groups excluding carboxylic acids is 2. The number of ether oxygens (including phenoxy) is 2. The van der Waals surface area contributed by atoms with E-state index in [-0.39, 0.29) is 25.5 Å². The van der Waals surface area contributed by atoms with Crippen molar-refractivity contribution in [1.82, 2.24) is 9.91 Å². The summed E-state index contributed by atoms with van der Waals surface area (Å²) in [7, 11) is 3.09. The molecule has 0 spiro atoms. The number of nitrogens with zero attached hydrogens (tertiary/aromatic N) is 3. The average molecular weight is 480 g/mol. The summed E-state index contributed by atoms with van der Waals surface area (Å²) in [5, 5.41) is 5.84. The van der Waals surface area contributed by atoms with E-state index in [9.17, 15) is 14.0 Å². The molecule has 8 nitrogen and oxygen atoms in total. The summed E-state index contributed by atoms with van der Waals surface area (Å²) >= 11 is 0. The first-order valence-corrected chi connectivity index (χ1v) is 11.1. The highest BCUT2D eigenvalue weighted by atomic mass is 19.1. The summed E-state index contributed by atoms with van der Waals surface area (Å²) in [6, 6.07) is 16.3. The zero-order valence-electron chi connectivity index (χ0n) is 19.5. The van der Waals surface area contributed by atoms with E-state index < -0.39 is 23.7 Å². The third-order valence-corrected chi connectivity index (χ3v) is 5.76. The maximum atomic E-state index is 14.5. The normalized spacial score (nSPS) is 15.1. The van der Waals surface area contributed by atoms with Crippen LogP contribution >= 0.6 is 0 Å². The van der Waals surface area contributed by atoms with Crippen LogP contribution in [0.2, 0.25) is 0 Å². The number of furan rings is 1. The minimum atomic E-state index is -0.467. The van der Waals surface area contributed by atoms with Crippen LogP contribution in [-0.4, -0.2) is 61.4 Å². The first-order chi connectivity index (χ1) is 17.0. The fraction of sp³-hybridized carbons (Fsp3) is 0.269. The number of halogens is 1. The van der Waals surface area contributed by atoms with Gasteiger partial charge in [0, 0.05) is 25.6 Å². The first-order valence-electron chi connectivity index (χ1n) is 11.1. The molecule has 9 heteroatoms. The molecule has 0 saturated heterocycles. The van der Waals surface area contributed by atoms with Gasteiger partial charge < -0.3 is 18.8 Å². The molecule has 4 rings (SSSR count). The standard InChI is InChI=1S/C26H26FN3O5/c1-33-15-13-29(26(32)24-8-5-14-35-24)17-25(31)30-23(18-9-11-19(34-2)12-10-18)16-22(28-30)20-6-3-4-7-21(20)27/h3-12,14,23H,13,15-17H2,1-2H3/t23-/m1/s1. The fourth-order valence-corrected chi connectivity index (χ4v) is 3.93. The summed E-state index contributed by atoms with van der Waals surface area (Å²) in [6.07, 6.45) is 1.72. The van der Waals surface area contributed by atoms with E-state index in [1.807, 2.05) is 12.1 Å². The van der Waals surface area contributed by atoms with Crippen molar-refractivity contribution in [2.24, 2.45) is 5.10 Å². The van der Waals surface area contributed by atoms with Gasteiger partial charge in [0.2, 0.25) is 0 Å². The molecule has 2 heterocycles. The van der Waals surface area contributed by atoms with Crippen molar-refractivity contribution in [3.63, 3.8) is 0 Å². The van der Waals surface area contributed by atoms with E-state index in [1.165, 1.54) is 35.4 Å². The van der Waals surface area contributed by atoms with Crippen molar-refractivity contribution in [1.29, 1.82) is 0 Å². The van der Waals surface area contributed by atoms with E-state index >= 15 is 0 Å². The van der Waals surface area contributed by atoms with E-state index in [0.717, 1.165) is 5.56 Å². The van der Waals surface area contributed by atoms with Gasteiger partial charge in [0.15, 0.2) is 5.76 Å². The maximum Gasteiger partial charge on any atom is 0.290 e. The van der Waals surface area contributed by atoms with Gasteiger partial charge in [-0.1, -0.05) is 30.3 Å². The number of hydrazone groups is 1. The Kier molecular flexibility index (Phi) is 7.57. The minimum Gasteiger partial charge on any atom is -0.497 e. The van der Waals surface area contributed by atoms with E-state index in [1.54, 1.807) is 43.5 Å². The van der Waals surface area contributed by atoms with Crippen molar-refractivity contribution in [3.8, 4) is 5.75 Å². The van der Waals surface area contributed by atoms with Crippen molar-refractivity contribution in [3.05, 3.63) is 89.6 Å². The van der Waals surface area contributed by atoms with Crippen LogP contribution in [0.5, 0.6) is 5.75 Å². The Labute approximate surface area is 202 Å². The lowest BCUT2D eigenvalue weighted by molar-refractivity contribution is -0.133. The highest BCUT2D eigenvalue weighted by Crippen LogP contribution is 2.34. The van der Waals surface area contributed by atoms with Crippen LogP contribution in [0.25, 0.3) is 0 Å². The second-order valence-electron chi connectivity index (χ2n) is 7.95. The van der Waals surface area contributed by atoms with Gasteiger partial charge in [-0.2, -0.15) is 5.10 Å². The van der Waals surface area contributed by atoms with Gasteiger partial charge in [0.05, 0.1) is 31.7 Å². The smallest absolute Gasteiger partial charge is 0.290 e. The molecule has 0 fully saturated rings. The molecule has 3 aromatic rings. The second kappa shape index (κ2) is 11.0. The number of benzene rings is 2. The summed E-state index contributed by atoms with van der Waals surface area (Å²) in [5.74, 6) is -0.456. The summed E-state index contributed by atoms with van der Waals surface area (Å²) in [4.78, 5) is 27.8. The minimum absolute atomic E-state index is 0.123. The number of hydrogen-bond acceptors (Lipinski definition) is 6. The number of carbonyl (C=O) groups is 2. The fourth-order valence-electron chi connectivity index (χ4n) is 3.93. The molecule has 1 aliphatic rings. The molecular weight excluding hydrogens is 453 g/mol. The Bertz CT molecular complexity index is 1190. The molecule has 0 aliphatic carbocycles. The molecule has 0 bridgehead atoms. The summed E-state index contributed by atoms with van der Waals surface area (Å²) in [6.45, 7) is 0.182. The molecule has 1 atom stereocenters. The molecule has 2 aromatic carbocycles. The Morgan fingerprint density at radius 3 is 2.54 bits per heavy atom. The van der Waals surface area contributed by atoms with Gasteiger partial charge in [-0.25, -0.2) is 9.40 Å². The topological polar surface area (TPSA) is 84.6 Å². The van der Waals surface area contributed by atoms with Gasteiger partial charge >= 0.3 is 0 Å². The quantitative estimate of drug-likeness (QED) is 0.465. The van der Waals surface area contributed by atoms with Crippen molar-refractivity contribution < 1.29 is 27.9 Å². The number of hydrogen-bond donors (Lipinski definition) is 0. The Morgan fingerprint density at radius 2 is 1.89 bits per heavy atom. The van der Waals surface area contributed by atoms with E-state index in [2.05, 4.69) is 5.10 Å². The molecule has 0 N–H and O–H groups in total. The van der Waals surface area contributed by atoms with Gasteiger partial charge in [-0.05, 0) is 35.9 Å². The van der Waals surface area contributed by atoms with E-state index in [0.29, 0.717) is 23.4 Å². The molecule has 0 radical (unpaired) electrons. The summed E-state index contributed by atoms with van der Waals surface area (Å²) < 4.78 is 30.1. The summed E-state index contributed by atoms with van der Waals surface area (Å²) in [5.41, 5.74) is 1.61. The zero-order valence-corrected chi connectivity index (χ0v) is 19.5. The van der Waals surface area contributed by atoms with Crippen LogP contribution in [0.1, 0.15) is 34.1 Å². The van der Waals surface area contributed by atoms with Gasteiger partial charge in [-0.3, -0.25) is 9.59 Å². The van der Waals surface area contributed by atoms with Crippen molar-refractivity contribution >= 4 is 17.5 Å². The molecule has 0 saturated carbocycles. The lowest BCUT2D eigenvalue weighted by Gasteiger charge is -2.26. The molecule has 35 heavy (non-hydrogen) atoms. The van der Waals surface area contributed by atoms with Crippen LogP contribution in [-0.2, 0) is 9.53 Å². The molecule has 0 unspecified atom stereocenters. The monoisotopic (exact) mass is 479 g/mol. The highest BCUT2D eigenvalue weighted by Gasteiger charge is 2.35. The van der Waals surface area contributed by atoms with Gasteiger partial charge in [0.1, 0.15) is 18.1 Å². The van der Waals surface area contributed by atoms with Crippen LogP contribution in [0.15, 0.2) is 76.4 Å². The van der Waals surface area contributed by atoms with Crippen LogP contribution < -0.4 is 4.74 Å². The Hall–Kier alpha value is -3.98. The third-order valence-electron chi connectivity index (χ3n) is 5.76. The molecule has 1 aromatic heterocycles. The molecule has 2 amide bonds. The zero-order chi connectivity index (χ0) is 24.8. The molecule has 1 aliphatic heterocycles. The van der Waals surface area contributed by atoms with Crippen LogP contribution in [0.3, 0.4) is 0 Å². The largest absolute Gasteiger partial charge is 0.497 e. The number of methoxy groups -OCH3 is 2. The lowest BCUT2D eigenvalue weighted by atomic mass is 9.98. The predicted octanol–water partition coefficient (Wildman–Crippen LogP) is 3.89. The SMILES string of the molecule is COCCN(CC(=O)N1N=C(c2ccccc2F)C[C@@H]1c1ccc(OC)cc1)C(=O)c1ccco1.